The summed E-state index contributed by atoms with van der Waals surface area (Å²) in [5, 5.41) is 9.34. The number of nitrogens with zero attached hydrogens (tertiary/aromatic N) is 4. The smallest absolute Gasteiger partial charge is 0.350 e. The number of aromatic nitrogens is 3. The van der Waals surface area contributed by atoms with Crippen molar-refractivity contribution in [1.82, 2.24) is 30.1 Å². The summed E-state index contributed by atoms with van der Waals surface area (Å²) in [5.74, 6) is -0.618. The summed E-state index contributed by atoms with van der Waals surface area (Å²) in [6, 6.07) is -0.0653. The number of alkyl halides is 3. The zero-order valence-corrected chi connectivity index (χ0v) is 12.8. The van der Waals surface area contributed by atoms with Gasteiger partial charge in [-0.2, -0.15) is 18.3 Å². The Kier molecular flexibility index (Phi) is 4.67. The monoisotopic (exact) mass is 342 g/mol. The number of halogens is 3. The Hall–Kier alpha value is -2.20. The van der Waals surface area contributed by atoms with Crippen LogP contribution in [0.4, 0.5) is 13.2 Å². The molecular weight excluding hydrogens is 325 g/mol. The van der Waals surface area contributed by atoms with Gasteiger partial charge in [0.2, 0.25) is 0 Å². The molecule has 1 saturated heterocycles. The van der Waals surface area contributed by atoms with Gasteiger partial charge in [-0.25, -0.2) is 9.50 Å². The molecule has 24 heavy (non-hydrogen) atoms. The van der Waals surface area contributed by atoms with Crippen molar-refractivity contribution in [3.8, 4) is 0 Å². The van der Waals surface area contributed by atoms with Gasteiger partial charge >= 0.3 is 6.18 Å². The first-order chi connectivity index (χ1) is 11.5. The van der Waals surface area contributed by atoms with E-state index in [0.29, 0.717) is 18.7 Å². The lowest BCUT2D eigenvalue weighted by atomic mass is 10.2. The van der Waals surface area contributed by atoms with E-state index in [1.165, 1.54) is 21.8 Å². The van der Waals surface area contributed by atoms with E-state index >= 15 is 0 Å². The number of piperazine rings is 1. The molecule has 130 valence electrons. The fourth-order valence-electron chi connectivity index (χ4n) is 2.72. The lowest BCUT2D eigenvalue weighted by molar-refractivity contribution is -0.183. The summed E-state index contributed by atoms with van der Waals surface area (Å²) < 4.78 is 41.3. The topological polar surface area (TPSA) is 74.6 Å². The quantitative estimate of drug-likeness (QED) is 0.836. The first kappa shape index (κ1) is 16.7. The molecule has 0 aromatic carbocycles. The van der Waals surface area contributed by atoms with E-state index < -0.39 is 24.7 Å². The van der Waals surface area contributed by atoms with Gasteiger partial charge in [0.15, 0.2) is 5.65 Å². The summed E-state index contributed by atoms with van der Waals surface area (Å²) in [4.78, 5) is 17.6. The Morgan fingerprint density at radius 3 is 2.83 bits per heavy atom. The van der Waals surface area contributed by atoms with Crippen LogP contribution in [-0.2, 0) is 0 Å². The zero-order valence-electron chi connectivity index (χ0n) is 12.8. The van der Waals surface area contributed by atoms with Crippen molar-refractivity contribution in [3.63, 3.8) is 0 Å². The molecule has 1 atom stereocenters. The fourth-order valence-corrected chi connectivity index (χ4v) is 2.72. The third kappa shape index (κ3) is 3.49. The minimum absolute atomic E-state index is 0.150. The molecule has 10 heteroatoms. The molecule has 1 aliphatic heterocycles. The normalized spacial score (nSPS) is 17.8. The number of rotatable bonds is 4. The number of carbonyl (C=O) groups excluding carboxylic acids is 1. The van der Waals surface area contributed by atoms with E-state index in [-0.39, 0.29) is 18.7 Å². The maximum absolute atomic E-state index is 13.3. The van der Waals surface area contributed by atoms with Crippen LogP contribution in [0, 0.1) is 0 Å². The van der Waals surface area contributed by atoms with E-state index in [0.717, 1.165) is 0 Å². The van der Waals surface area contributed by atoms with Crippen LogP contribution in [0.2, 0.25) is 0 Å². The SMILES string of the molecule is O=C(NCC(N1CCNCC1)C(F)(F)F)c1cnn2cccnc12. The maximum atomic E-state index is 13.3. The first-order valence-electron chi connectivity index (χ1n) is 7.55. The second-order valence-corrected chi connectivity index (χ2v) is 5.50. The molecule has 0 bridgehead atoms. The summed E-state index contributed by atoms with van der Waals surface area (Å²) in [7, 11) is 0. The highest BCUT2D eigenvalue weighted by molar-refractivity contribution is 5.99. The van der Waals surface area contributed by atoms with Crippen molar-refractivity contribution in [2.24, 2.45) is 0 Å². The predicted molar refractivity (Wildman–Crippen MR) is 79.6 cm³/mol. The third-order valence-electron chi connectivity index (χ3n) is 3.95. The van der Waals surface area contributed by atoms with Gasteiger partial charge in [-0.3, -0.25) is 9.69 Å². The third-order valence-corrected chi connectivity index (χ3v) is 3.95. The Morgan fingerprint density at radius 2 is 2.12 bits per heavy atom. The number of amides is 1. The molecule has 7 nitrogen and oxygen atoms in total. The van der Waals surface area contributed by atoms with Gasteiger partial charge < -0.3 is 10.6 Å². The van der Waals surface area contributed by atoms with Crippen LogP contribution < -0.4 is 10.6 Å². The van der Waals surface area contributed by atoms with E-state index in [1.807, 2.05) is 0 Å². The molecule has 3 heterocycles. The van der Waals surface area contributed by atoms with Crippen LogP contribution in [0.5, 0.6) is 0 Å². The average Bonchev–Trinajstić information content (AvgIpc) is 2.99. The van der Waals surface area contributed by atoms with Gasteiger partial charge in [-0.15, -0.1) is 0 Å². The van der Waals surface area contributed by atoms with Crippen LogP contribution in [0.1, 0.15) is 10.4 Å². The molecule has 2 aromatic heterocycles. The molecule has 1 unspecified atom stereocenters. The van der Waals surface area contributed by atoms with Gasteiger partial charge in [0.1, 0.15) is 11.6 Å². The second kappa shape index (κ2) is 6.73. The highest BCUT2D eigenvalue weighted by Crippen LogP contribution is 2.25. The first-order valence-corrected chi connectivity index (χ1v) is 7.55. The number of hydrogen-bond donors (Lipinski definition) is 2. The number of carbonyl (C=O) groups is 1. The molecular formula is C14H17F3N6O. The predicted octanol–water partition coefficient (Wildman–Crippen LogP) is 0.295. The number of hydrogen-bond acceptors (Lipinski definition) is 5. The summed E-state index contributed by atoms with van der Waals surface area (Å²) in [5.41, 5.74) is 0.456. The van der Waals surface area contributed by atoms with Gasteiger partial charge in [-0.1, -0.05) is 0 Å². The number of nitrogens with one attached hydrogen (secondary N) is 2. The van der Waals surface area contributed by atoms with Crippen LogP contribution >= 0.6 is 0 Å². The van der Waals surface area contributed by atoms with Crippen LogP contribution in [-0.4, -0.2) is 70.3 Å². The van der Waals surface area contributed by atoms with Crippen molar-refractivity contribution in [2.45, 2.75) is 12.2 Å². The Bertz CT molecular complexity index is 710. The summed E-state index contributed by atoms with van der Waals surface area (Å²) in [6.07, 6.45) is -0.0135. The highest BCUT2D eigenvalue weighted by Gasteiger charge is 2.43. The molecule has 0 spiro atoms. The van der Waals surface area contributed by atoms with E-state index in [9.17, 15) is 18.0 Å². The molecule has 3 rings (SSSR count). The highest BCUT2D eigenvalue weighted by atomic mass is 19.4. The van der Waals surface area contributed by atoms with Crippen molar-refractivity contribution in [2.75, 3.05) is 32.7 Å². The van der Waals surface area contributed by atoms with Crippen molar-refractivity contribution in [1.29, 1.82) is 0 Å². The minimum atomic E-state index is -4.41. The van der Waals surface area contributed by atoms with Gasteiger partial charge in [0, 0.05) is 45.1 Å². The average molecular weight is 342 g/mol. The fraction of sp³-hybridized carbons (Fsp3) is 0.500. The van der Waals surface area contributed by atoms with Crippen LogP contribution in [0.25, 0.3) is 5.65 Å². The lowest BCUT2D eigenvalue weighted by Crippen LogP contribution is -2.57. The molecule has 2 N–H and O–H groups in total. The molecule has 1 aliphatic rings. The second-order valence-electron chi connectivity index (χ2n) is 5.50. The standard InChI is InChI=1S/C14H17F3N6O/c15-14(16,17)11(22-6-3-18-4-7-22)9-20-13(24)10-8-21-23-5-1-2-19-12(10)23/h1-2,5,8,11,18H,3-4,6-7,9H2,(H,20,24). The van der Waals surface area contributed by atoms with E-state index in [2.05, 4.69) is 20.7 Å². The van der Waals surface area contributed by atoms with Crippen LogP contribution in [0.3, 0.4) is 0 Å². The van der Waals surface area contributed by atoms with Crippen LogP contribution in [0.15, 0.2) is 24.7 Å². The molecule has 0 saturated carbocycles. The van der Waals surface area contributed by atoms with E-state index in [4.69, 9.17) is 0 Å². The minimum Gasteiger partial charge on any atom is -0.350 e. The largest absolute Gasteiger partial charge is 0.405 e. The van der Waals surface area contributed by atoms with Crippen molar-refractivity contribution < 1.29 is 18.0 Å². The summed E-state index contributed by atoms with van der Waals surface area (Å²) in [6.45, 7) is 1.07. The van der Waals surface area contributed by atoms with E-state index in [1.54, 1.807) is 12.3 Å². The molecule has 1 fully saturated rings. The zero-order chi connectivity index (χ0) is 17.2. The summed E-state index contributed by atoms with van der Waals surface area (Å²) >= 11 is 0. The van der Waals surface area contributed by atoms with Crippen molar-refractivity contribution in [3.05, 3.63) is 30.2 Å². The Morgan fingerprint density at radius 1 is 1.38 bits per heavy atom. The van der Waals surface area contributed by atoms with Gasteiger partial charge in [0.25, 0.3) is 5.91 Å². The van der Waals surface area contributed by atoms with Gasteiger partial charge in [-0.05, 0) is 6.07 Å². The van der Waals surface area contributed by atoms with Crippen molar-refractivity contribution >= 4 is 11.6 Å². The number of fused-ring (bicyclic) bond motifs is 1. The molecule has 2 aromatic rings. The van der Waals surface area contributed by atoms with Gasteiger partial charge in [0.05, 0.1) is 6.20 Å². The molecule has 0 aliphatic carbocycles. The lowest BCUT2D eigenvalue weighted by Gasteiger charge is -2.35. The molecule has 1 amide bonds. The Labute approximate surface area is 135 Å². The Balaban J connectivity index is 1.70. The maximum Gasteiger partial charge on any atom is 0.405 e. The molecule has 0 radical (unpaired) electrons.